The molecule has 2 atom stereocenters. The molecule has 0 amide bonds. The fourth-order valence-corrected chi connectivity index (χ4v) is 3.05. The fraction of sp³-hybridized carbons (Fsp3) is 0.357. The number of fused-ring (bicyclic) bond motifs is 1. The summed E-state index contributed by atoms with van der Waals surface area (Å²) in [6.07, 6.45) is -0.570. The van der Waals surface area contributed by atoms with E-state index >= 15 is 0 Å². The Morgan fingerprint density at radius 1 is 1.43 bits per heavy atom. The Hall–Kier alpha value is -2.65. The molecule has 1 aromatic heterocycles. The largest absolute Gasteiger partial charge is 0.390 e. The minimum atomic E-state index is -3.93. The first-order valence-electron chi connectivity index (χ1n) is 8.05. The van der Waals surface area contributed by atoms with E-state index in [0.29, 0.717) is 12.0 Å². The van der Waals surface area contributed by atoms with Gasteiger partial charge in [0, 0.05) is 13.1 Å². The fourth-order valence-electron chi connectivity index (χ4n) is 2.62. The van der Waals surface area contributed by atoms with Crippen molar-refractivity contribution in [2.75, 3.05) is 18.4 Å². The molecule has 0 aliphatic heterocycles. The molecule has 0 saturated carbocycles. The van der Waals surface area contributed by atoms with Crippen molar-refractivity contribution in [1.82, 2.24) is 20.5 Å². The van der Waals surface area contributed by atoms with Gasteiger partial charge in [-0.3, -0.25) is 15.7 Å². The summed E-state index contributed by atoms with van der Waals surface area (Å²) in [6.45, 7) is -0.448. The first-order valence-corrected chi connectivity index (χ1v) is 9.60. The van der Waals surface area contributed by atoms with Gasteiger partial charge in [0.15, 0.2) is 11.5 Å². The zero-order chi connectivity index (χ0) is 20.3. The highest BCUT2D eigenvalue weighted by Crippen LogP contribution is 2.36. The van der Waals surface area contributed by atoms with Gasteiger partial charge in [-0.1, -0.05) is 6.07 Å². The summed E-state index contributed by atoms with van der Waals surface area (Å²) in [6, 6.07) is 4.03. The van der Waals surface area contributed by atoms with Crippen molar-refractivity contribution in [1.29, 1.82) is 0 Å². The van der Waals surface area contributed by atoms with Gasteiger partial charge in [-0.15, -0.1) is 0 Å². The topological polar surface area (TPSA) is 188 Å². The summed E-state index contributed by atoms with van der Waals surface area (Å²) in [5.74, 6) is -0.403. The van der Waals surface area contributed by atoms with E-state index < -0.39 is 16.3 Å². The van der Waals surface area contributed by atoms with E-state index in [9.17, 15) is 23.1 Å². The number of aliphatic imine (C=N–C) groups is 1. The second-order valence-electron chi connectivity index (χ2n) is 6.04. The highest BCUT2D eigenvalue weighted by molar-refractivity contribution is 7.87. The first kappa shape index (κ1) is 20.1. The van der Waals surface area contributed by atoms with E-state index in [4.69, 9.17) is 5.14 Å². The smallest absolute Gasteiger partial charge is 0.274 e. The lowest BCUT2D eigenvalue weighted by Gasteiger charge is -2.27. The zero-order valence-corrected chi connectivity index (χ0v) is 15.1. The maximum absolute atomic E-state index is 13.4. The van der Waals surface area contributed by atoms with E-state index in [1.807, 2.05) is 10.2 Å². The molecule has 1 heterocycles. The number of hydrogen-bond acceptors (Lipinski definition) is 9. The Bertz CT molecular complexity index is 980. The molecule has 2 aromatic rings. The minimum absolute atomic E-state index is 0.0268. The Morgan fingerprint density at radius 2 is 2.21 bits per heavy atom. The average molecular weight is 415 g/mol. The van der Waals surface area contributed by atoms with Crippen LogP contribution in [0.5, 0.6) is 0 Å². The van der Waals surface area contributed by atoms with Gasteiger partial charge in [0.2, 0.25) is 5.82 Å². The standard InChI is InChI=1S/C14H18FN7O5S/c15-8-2-1-7-3-11(10(7)4-8)19-14(20-24)12-13(22-27-21-12)17-5-9(23)6-18-28(16,25)26/h1-2,4,9,11,18,23-24H,3,5-6H2,(H,17,22)(H,19,20)(H2,16,25,26)/t9?,11-/m0/s1. The summed E-state index contributed by atoms with van der Waals surface area (Å²) in [7, 11) is -3.93. The lowest BCUT2D eigenvalue weighted by molar-refractivity contribution is 0.191. The van der Waals surface area contributed by atoms with Gasteiger partial charge in [-0.25, -0.2) is 14.2 Å². The lowest BCUT2D eigenvalue weighted by atomic mass is 9.83. The molecule has 3 rings (SSSR count). The van der Waals surface area contributed by atoms with Crippen molar-refractivity contribution in [3.63, 3.8) is 0 Å². The summed E-state index contributed by atoms with van der Waals surface area (Å²) in [5.41, 5.74) is 3.58. The van der Waals surface area contributed by atoms with E-state index in [1.165, 1.54) is 12.1 Å². The van der Waals surface area contributed by atoms with Gasteiger partial charge in [0.05, 0.1) is 12.1 Å². The molecule has 0 saturated heterocycles. The normalized spacial score (nSPS) is 17.6. The third kappa shape index (κ3) is 4.79. The van der Waals surface area contributed by atoms with E-state index in [2.05, 4.69) is 25.3 Å². The number of nitrogens with one attached hydrogen (secondary N) is 3. The van der Waals surface area contributed by atoms with Crippen LogP contribution in [-0.4, -0.2) is 54.1 Å². The first-order chi connectivity index (χ1) is 13.3. The zero-order valence-electron chi connectivity index (χ0n) is 14.3. The molecule has 1 aromatic carbocycles. The lowest BCUT2D eigenvalue weighted by Crippen LogP contribution is -2.39. The predicted octanol–water partition coefficient (Wildman–Crippen LogP) is -1.20. The molecular weight excluding hydrogens is 397 g/mol. The second kappa shape index (κ2) is 8.15. The summed E-state index contributed by atoms with van der Waals surface area (Å²) in [5, 5.41) is 33.9. The molecule has 14 heteroatoms. The number of hydrogen-bond donors (Lipinski definition) is 6. The van der Waals surface area contributed by atoms with Crippen LogP contribution in [-0.2, 0) is 16.6 Å². The highest BCUT2D eigenvalue weighted by atomic mass is 32.2. The molecule has 28 heavy (non-hydrogen) atoms. The number of aliphatic hydroxyl groups excluding tert-OH is 1. The summed E-state index contributed by atoms with van der Waals surface area (Å²) in [4.78, 5) is 4.30. The van der Waals surface area contributed by atoms with Crippen LogP contribution in [0.3, 0.4) is 0 Å². The third-order valence-corrected chi connectivity index (χ3v) is 4.58. The number of halogens is 1. The van der Waals surface area contributed by atoms with Crippen molar-refractivity contribution >= 4 is 21.9 Å². The van der Waals surface area contributed by atoms with Gasteiger partial charge < -0.3 is 10.4 Å². The molecule has 0 fully saturated rings. The number of nitrogens with zero attached hydrogens (tertiary/aromatic N) is 3. The maximum atomic E-state index is 13.4. The van der Waals surface area contributed by atoms with Crippen molar-refractivity contribution in [3.8, 4) is 0 Å². The Labute approximate surface area is 158 Å². The van der Waals surface area contributed by atoms with Crippen LogP contribution < -0.4 is 20.7 Å². The minimum Gasteiger partial charge on any atom is -0.390 e. The third-order valence-electron chi connectivity index (χ3n) is 4.01. The molecule has 0 bridgehead atoms. The van der Waals surface area contributed by atoms with Gasteiger partial charge in [0.1, 0.15) is 5.82 Å². The van der Waals surface area contributed by atoms with Crippen molar-refractivity contribution in [3.05, 3.63) is 40.8 Å². The summed E-state index contributed by atoms with van der Waals surface area (Å²) >= 11 is 0. The van der Waals surface area contributed by atoms with Crippen molar-refractivity contribution < 1.29 is 27.8 Å². The summed E-state index contributed by atoms with van der Waals surface area (Å²) < 4.78 is 41.6. The molecule has 1 aliphatic rings. The number of rotatable bonds is 8. The Morgan fingerprint density at radius 3 is 2.93 bits per heavy atom. The van der Waals surface area contributed by atoms with Gasteiger partial charge in [-0.05, 0) is 40.0 Å². The number of aromatic nitrogens is 2. The number of anilines is 1. The van der Waals surface area contributed by atoms with Crippen LogP contribution >= 0.6 is 0 Å². The molecule has 1 unspecified atom stereocenters. The quantitative estimate of drug-likeness (QED) is 0.175. The van der Waals surface area contributed by atoms with Gasteiger partial charge in [0.25, 0.3) is 10.2 Å². The van der Waals surface area contributed by atoms with Crippen LogP contribution in [0.1, 0.15) is 22.9 Å². The van der Waals surface area contributed by atoms with E-state index in [-0.39, 0.29) is 42.3 Å². The highest BCUT2D eigenvalue weighted by Gasteiger charge is 2.28. The number of amidine groups is 1. The van der Waals surface area contributed by atoms with Gasteiger partial charge >= 0.3 is 0 Å². The number of benzene rings is 1. The van der Waals surface area contributed by atoms with Crippen LogP contribution in [0.15, 0.2) is 27.8 Å². The number of nitrogens with two attached hydrogens (primary N) is 1. The van der Waals surface area contributed by atoms with Crippen LogP contribution in [0.2, 0.25) is 0 Å². The molecule has 0 radical (unpaired) electrons. The van der Waals surface area contributed by atoms with Crippen LogP contribution in [0.25, 0.3) is 0 Å². The monoisotopic (exact) mass is 415 g/mol. The molecular formula is C14H18FN7O5S. The van der Waals surface area contributed by atoms with Crippen molar-refractivity contribution in [2.24, 2.45) is 10.1 Å². The second-order valence-corrected chi connectivity index (χ2v) is 7.42. The number of aliphatic hydroxyl groups is 1. The Balaban J connectivity index is 1.67. The average Bonchev–Trinajstić information content (AvgIpc) is 3.09. The molecule has 1 aliphatic carbocycles. The number of hydroxylamine groups is 1. The molecule has 152 valence electrons. The van der Waals surface area contributed by atoms with Crippen LogP contribution in [0, 0.1) is 5.82 Å². The maximum Gasteiger partial charge on any atom is 0.274 e. The van der Waals surface area contributed by atoms with E-state index in [1.54, 1.807) is 6.07 Å². The molecule has 0 spiro atoms. The van der Waals surface area contributed by atoms with Gasteiger partial charge in [-0.2, -0.15) is 13.1 Å². The predicted molar refractivity (Wildman–Crippen MR) is 94.2 cm³/mol. The van der Waals surface area contributed by atoms with Crippen LogP contribution in [0.4, 0.5) is 10.2 Å². The van der Waals surface area contributed by atoms with Crippen molar-refractivity contribution in [2.45, 2.75) is 18.6 Å². The molecule has 12 nitrogen and oxygen atoms in total. The Kier molecular flexibility index (Phi) is 5.85. The SMILES string of the molecule is NS(=O)(=O)NCC(O)CNc1nonc1C(=N[C@H]1Cc2ccc(F)cc21)NO. The molecule has 7 N–H and O–H groups in total. The van der Waals surface area contributed by atoms with E-state index in [0.717, 1.165) is 5.56 Å².